The van der Waals surface area contributed by atoms with Crippen molar-refractivity contribution in [2.24, 2.45) is 0 Å². The van der Waals surface area contributed by atoms with Crippen LogP contribution in [0.15, 0.2) is 35.9 Å². The second kappa shape index (κ2) is 7.00. The quantitative estimate of drug-likeness (QED) is 0.290. The Morgan fingerprint density at radius 2 is 1.75 bits per heavy atom. The smallest absolute Gasteiger partial charge is 0.342 e. The first-order valence-electron chi connectivity index (χ1n) is 4.40. The molecule has 0 atom stereocenters. The summed E-state index contributed by atoms with van der Waals surface area (Å²) in [6.45, 7) is 0. The summed E-state index contributed by atoms with van der Waals surface area (Å²) in [5.41, 5.74) is 1.32. The van der Waals surface area contributed by atoms with Gasteiger partial charge in [-0.2, -0.15) is 0 Å². The fourth-order valence-corrected chi connectivity index (χ4v) is 1.29. The van der Waals surface area contributed by atoms with Gasteiger partial charge in [0.05, 0.1) is 6.42 Å². The lowest BCUT2D eigenvalue weighted by Crippen LogP contribution is -1.96. The van der Waals surface area contributed by atoms with E-state index >= 15 is 0 Å². The number of benzene rings is 1. The number of cyclic esters (lactones) is 2. The summed E-state index contributed by atoms with van der Waals surface area (Å²) in [6, 6.07) is 9.36. The summed E-state index contributed by atoms with van der Waals surface area (Å²) in [5, 5.41) is 0. The lowest BCUT2D eigenvalue weighted by Gasteiger charge is -1.92. The zero-order valence-corrected chi connectivity index (χ0v) is 12.5. The minimum Gasteiger partial charge on any atom is -0.389 e. The van der Waals surface area contributed by atoms with E-state index in [1.807, 2.05) is 30.3 Å². The van der Waals surface area contributed by atoms with E-state index in [0.717, 1.165) is 5.56 Å². The van der Waals surface area contributed by atoms with E-state index in [9.17, 15) is 9.59 Å². The Morgan fingerprint density at radius 3 is 2.25 bits per heavy atom. The monoisotopic (exact) mass is 442 g/mol. The van der Waals surface area contributed by atoms with Crippen LogP contribution < -0.4 is 0 Å². The van der Waals surface area contributed by atoms with Gasteiger partial charge in [0.15, 0.2) is 0 Å². The highest BCUT2D eigenvalue weighted by molar-refractivity contribution is 15.0. The summed E-state index contributed by atoms with van der Waals surface area (Å²) in [6.07, 6.45) is 1.75. The van der Waals surface area contributed by atoms with Crippen molar-refractivity contribution in [3.63, 3.8) is 0 Å². The van der Waals surface area contributed by atoms with Crippen molar-refractivity contribution in [1.82, 2.24) is 0 Å². The molecule has 1 aliphatic rings. The van der Waals surface area contributed by atoms with Crippen LogP contribution in [0.1, 0.15) is 12.0 Å². The zero-order valence-electron chi connectivity index (χ0n) is 8.15. The third-order valence-electron chi connectivity index (χ3n) is 1.94. The van der Waals surface area contributed by atoms with Crippen LogP contribution in [-0.2, 0) is 14.3 Å². The molecule has 1 saturated heterocycles. The van der Waals surface area contributed by atoms with Gasteiger partial charge in [-0.05, 0) is 11.6 Å². The van der Waals surface area contributed by atoms with E-state index in [1.165, 1.54) is 0 Å². The first-order valence-corrected chi connectivity index (χ1v) is 10.7. The topological polar surface area (TPSA) is 43.4 Å². The number of carbonyl (C=O) groups is 2. The maximum Gasteiger partial charge on any atom is 0.342 e. The number of rotatable bonds is 1. The third-order valence-corrected chi connectivity index (χ3v) is 1.94. The summed E-state index contributed by atoms with van der Waals surface area (Å²) >= 11 is 4.24. The Labute approximate surface area is 117 Å². The highest BCUT2D eigenvalue weighted by Crippen LogP contribution is 2.17. The molecule has 0 saturated carbocycles. The molecule has 1 heterocycles. The van der Waals surface area contributed by atoms with Crippen LogP contribution in [-0.4, -0.2) is 11.9 Å². The highest BCUT2D eigenvalue weighted by atomic mass is 128. The SMILES string of the molecule is II.O=C1C/C(=C\c2ccccc2)C(=O)O1. The Morgan fingerprint density at radius 1 is 1.12 bits per heavy atom. The molecule has 0 N–H and O–H groups in total. The lowest BCUT2D eigenvalue weighted by molar-refractivity contribution is -0.151. The number of hydrogen-bond donors (Lipinski definition) is 0. The Hall–Kier alpha value is -0.440. The maximum atomic E-state index is 11.1. The van der Waals surface area contributed by atoms with E-state index in [2.05, 4.69) is 42.0 Å². The molecule has 16 heavy (non-hydrogen) atoms. The van der Waals surface area contributed by atoms with Crippen LogP contribution in [0.3, 0.4) is 0 Å². The van der Waals surface area contributed by atoms with Gasteiger partial charge in [-0.15, -0.1) is 0 Å². The van der Waals surface area contributed by atoms with Gasteiger partial charge in [0, 0.05) is 42.8 Å². The molecule has 0 unspecified atom stereocenters. The van der Waals surface area contributed by atoms with Crippen molar-refractivity contribution >= 4 is 55.2 Å². The van der Waals surface area contributed by atoms with Gasteiger partial charge in [0.1, 0.15) is 0 Å². The van der Waals surface area contributed by atoms with Gasteiger partial charge in [-0.1, -0.05) is 30.3 Å². The third kappa shape index (κ3) is 3.85. The molecule has 1 aliphatic heterocycles. The van der Waals surface area contributed by atoms with E-state index in [4.69, 9.17) is 0 Å². The molecule has 0 bridgehead atoms. The Balaban J connectivity index is 0.000000606. The molecule has 0 aromatic heterocycles. The highest BCUT2D eigenvalue weighted by Gasteiger charge is 2.26. The fraction of sp³-hybridized carbons (Fsp3) is 0.0909. The Kier molecular flexibility index (Phi) is 5.96. The molecule has 84 valence electrons. The van der Waals surface area contributed by atoms with Crippen molar-refractivity contribution < 1.29 is 14.3 Å². The number of ether oxygens (including phenoxy) is 1. The van der Waals surface area contributed by atoms with Crippen LogP contribution in [0.2, 0.25) is 0 Å². The molecule has 0 aliphatic carbocycles. The first kappa shape index (κ1) is 13.6. The van der Waals surface area contributed by atoms with Gasteiger partial charge < -0.3 is 4.74 Å². The number of hydrogen-bond acceptors (Lipinski definition) is 3. The van der Waals surface area contributed by atoms with Crippen molar-refractivity contribution in [3.05, 3.63) is 41.5 Å². The molecule has 1 fully saturated rings. The normalized spacial score (nSPS) is 16.8. The summed E-state index contributed by atoms with van der Waals surface area (Å²) in [4.78, 5) is 21.8. The molecular formula is C11H8I2O3. The van der Waals surface area contributed by atoms with Crippen LogP contribution in [0.25, 0.3) is 6.08 Å². The summed E-state index contributed by atoms with van der Waals surface area (Å²) in [7, 11) is 0. The molecule has 1 aromatic rings. The van der Waals surface area contributed by atoms with E-state index in [-0.39, 0.29) is 6.42 Å². The van der Waals surface area contributed by atoms with Gasteiger partial charge >= 0.3 is 11.9 Å². The molecule has 1 aromatic carbocycles. The molecule has 0 radical (unpaired) electrons. The largest absolute Gasteiger partial charge is 0.389 e. The van der Waals surface area contributed by atoms with E-state index in [0.29, 0.717) is 5.57 Å². The lowest BCUT2D eigenvalue weighted by atomic mass is 10.1. The van der Waals surface area contributed by atoms with Crippen LogP contribution in [0.4, 0.5) is 0 Å². The number of halogens is 2. The molecular weight excluding hydrogens is 434 g/mol. The predicted molar refractivity (Wildman–Crippen MR) is 78.2 cm³/mol. The van der Waals surface area contributed by atoms with Crippen LogP contribution in [0, 0.1) is 0 Å². The number of esters is 2. The molecule has 3 nitrogen and oxygen atoms in total. The van der Waals surface area contributed by atoms with Crippen molar-refractivity contribution in [3.8, 4) is 0 Å². The van der Waals surface area contributed by atoms with Gasteiger partial charge in [0.2, 0.25) is 0 Å². The van der Waals surface area contributed by atoms with E-state index in [1.54, 1.807) is 6.08 Å². The maximum absolute atomic E-state index is 11.1. The first-order chi connectivity index (χ1) is 7.75. The zero-order chi connectivity index (χ0) is 12.0. The predicted octanol–water partition coefficient (Wildman–Crippen LogP) is 3.31. The minimum atomic E-state index is -0.529. The van der Waals surface area contributed by atoms with Crippen molar-refractivity contribution in [1.29, 1.82) is 0 Å². The molecule has 0 spiro atoms. The van der Waals surface area contributed by atoms with Crippen LogP contribution >= 0.6 is 37.2 Å². The van der Waals surface area contributed by atoms with Crippen molar-refractivity contribution in [2.75, 3.05) is 0 Å². The minimum absolute atomic E-state index is 0.0771. The van der Waals surface area contributed by atoms with Gasteiger partial charge in [-0.3, -0.25) is 4.79 Å². The summed E-state index contributed by atoms with van der Waals surface area (Å²) in [5.74, 6) is -1.00. The average Bonchev–Trinajstić information content (AvgIpc) is 2.62. The Bertz CT molecular complexity index is 412. The van der Waals surface area contributed by atoms with Crippen LogP contribution in [0.5, 0.6) is 0 Å². The second-order valence-corrected chi connectivity index (χ2v) is 3.02. The average molecular weight is 442 g/mol. The van der Waals surface area contributed by atoms with Crippen molar-refractivity contribution in [2.45, 2.75) is 6.42 Å². The molecule has 5 heteroatoms. The molecule has 0 amide bonds. The second-order valence-electron chi connectivity index (χ2n) is 3.02. The van der Waals surface area contributed by atoms with Gasteiger partial charge in [0.25, 0.3) is 0 Å². The fourth-order valence-electron chi connectivity index (χ4n) is 1.29. The van der Waals surface area contributed by atoms with E-state index < -0.39 is 11.9 Å². The summed E-state index contributed by atoms with van der Waals surface area (Å²) < 4.78 is 4.40. The standard InChI is InChI=1S/C11H8O3.I2/c12-10-7-9(11(13)14-10)6-8-4-2-1-3-5-8;1-2/h1-6H,7H2;/b9-6+;. The number of carbonyl (C=O) groups excluding carboxylic acids is 2. The molecule has 2 rings (SSSR count). The van der Waals surface area contributed by atoms with Gasteiger partial charge in [-0.25, -0.2) is 4.79 Å².